The van der Waals surface area contributed by atoms with E-state index in [0.717, 1.165) is 24.4 Å². The molecule has 1 aromatic heterocycles. The molecule has 76 valence electrons. The summed E-state index contributed by atoms with van der Waals surface area (Å²) in [7, 11) is 1.93. The van der Waals surface area contributed by atoms with Gasteiger partial charge in [-0.05, 0) is 31.4 Å². The molecule has 14 heavy (non-hydrogen) atoms. The number of nitrogens with one attached hydrogen (secondary N) is 2. The first kappa shape index (κ1) is 10.1. The molecule has 2 N–H and O–H groups in total. The summed E-state index contributed by atoms with van der Waals surface area (Å²) >= 11 is 7.06. The van der Waals surface area contributed by atoms with E-state index in [1.54, 1.807) is 0 Å². The second kappa shape index (κ2) is 4.42. The van der Waals surface area contributed by atoms with Gasteiger partial charge in [0, 0.05) is 23.6 Å². The van der Waals surface area contributed by atoms with Gasteiger partial charge in [-0.15, -0.1) is 0 Å². The van der Waals surface area contributed by atoms with Crippen LogP contribution in [0.1, 0.15) is 17.0 Å². The van der Waals surface area contributed by atoms with Crippen LogP contribution < -0.4 is 5.32 Å². The molecule has 1 aliphatic rings. The summed E-state index contributed by atoms with van der Waals surface area (Å²) in [5.74, 6) is 2.24. The van der Waals surface area contributed by atoms with E-state index < -0.39 is 0 Å². The summed E-state index contributed by atoms with van der Waals surface area (Å²) in [6.45, 7) is 0.807. The van der Waals surface area contributed by atoms with Crippen molar-refractivity contribution in [1.82, 2.24) is 15.3 Å². The number of nitrogens with zero attached hydrogens (tertiary/aromatic N) is 1. The van der Waals surface area contributed by atoms with Crippen molar-refractivity contribution in [2.45, 2.75) is 18.7 Å². The van der Waals surface area contributed by atoms with Crippen molar-refractivity contribution in [2.75, 3.05) is 12.8 Å². The van der Waals surface area contributed by atoms with Crippen molar-refractivity contribution in [3.8, 4) is 0 Å². The molecule has 5 heteroatoms. The SMILES string of the molecule is CNCc1nc(=S)[nH]c2c1CSCC2. The highest BCUT2D eigenvalue weighted by molar-refractivity contribution is 7.98. The van der Waals surface area contributed by atoms with Crippen LogP contribution in [-0.4, -0.2) is 22.8 Å². The van der Waals surface area contributed by atoms with E-state index in [1.165, 1.54) is 17.0 Å². The third-order valence-electron chi connectivity index (χ3n) is 2.29. The van der Waals surface area contributed by atoms with Gasteiger partial charge in [0.25, 0.3) is 0 Å². The minimum atomic E-state index is 0.612. The van der Waals surface area contributed by atoms with E-state index in [2.05, 4.69) is 15.3 Å². The molecule has 0 spiro atoms. The van der Waals surface area contributed by atoms with Gasteiger partial charge in [-0.1, -0.05) is 0 Å². The zero-order valence-electron chi connectivity index (χ0n) is 8.09. The molecule has 0 amide bonds. The Morgan fingerprint density at radius 1 is 1.64 bits per heavy atom. The van der Waals surface area contributed by atoms with Crippen molar-refractivity contribution in [3.63, 3.8) is 0 Å². The zero-order chi connectivity index (χ0) is 9.97. The first-order chi connectivity index (χ1) is 6.81. The van der Waals surface area contributed by atoms with Crippen LogP contribution in [0.25, 0.3) is 0 Å². The Morgan fingerprint density at radius 2 is 2.50 bits per heavy atom. The van der Waals surface area contributed by atoms with Gasteiger partial charge in [-0.25, -0.2) is 4.98 Å². The molecule has 0 saturated heterocycles. The minimum Gasteiger partial charge on any atom is -0.334 e. The fourth-order valence-corrected chi connectivity index (χ4v) is 2.91. The first-order valence-corrected chi connectivity index (χ1v) is 6.21. The third-order valence-corrected chi connectivity index (χ3v) is 3.47. The van der Waals surface area contributed by atoms with Crippen molar-refractivity contribution < 1.29 is 0 Å². The molecule has 0 aliphatic carbocycles. The highest BCUT2D eigenvalue weighted by Gasteiger charge is 2.14. The molecule has 1 aromatic rings. The van der Waals surface area contributed by atoms with Crippen molar-refractivity contribution >= 4 is 24.0 Å². The van der Waals surface area contributed by atoms with E-state index in [4.69, 9.17) is 12.2 Å². The maximum absolute atomic E-state index is 5.10. The number of rotatable bonds is 2. The molecule has 2 heterocycles. The standard InChI is InChI=1S/C9H13N3S2/c1-10-4-8-6-5-14-3-2-7(6)11-9(13)12-8/h10H,2-5H2,1H3,(H,11,12,13). The summed E-state index contributed by atoms with van der Waals surface area (Å²) in [5.41, 5.74) is 3.75. The Hall–Kier alpha value is -0.390. The highest BCUT2D eigenvalue weighted by atomic mass is 32.2. The Kier molecular flexibility index (Phi) is 3.20. The fraction of sp³-hybridized carbons (Fsp3) is 0.556. The van der Waals surface area contributed by atoms with Gasteiger partial charge in [0.2, 0.25) is 0 Å². The lowest BCUT2D eigenvalue weighted by Crippen LogP contribution is -2.15. The molecule has 0 aromatic carbocycles. The van der Waals surface area contributed by atoms with Crippen LogP contribution >= 0.6 is 24.0 Å². The number of hydrogen-bond acceptors (Lipinski definition) is 4. The largest absolute Gasteiger partial charge is 0.334 e. The quantitative estimate of drug-likeness (QED) is 0.754. The second-order valence-corrected chi connectivity index (χ2v) is 4.77. The van der Waals surface area contributed by atoms with E-state index in [9.17, 15) is 0 Å². The minimum absolute atomic E-state index is 0.612. The molecule has 0 atom stereocenters. The van der Waals surface area contributed by atoms with Crippen LogP contribution in [0, 0.1) is 4.77 Å². The van der Waals surface area contributed by atoms with Gasteiger partial charge in [0.15, 0.2) is 4.77 Å². The lowest BCUT2D eigenvalue weighted by atomic mass is 10.1. The summed E-state index contributed by atoms with van der Waals surface area (Å²) in [6, 6.07) is 0. The predicted molar refractivity (Wildman–Crippen MR) is 62.1 cm³/mol. The fourth-order valence-electron chi connectivity index (χ4n) is 1.64. The Morgan fingerprint density at radius 3 is 3.29 bits per heavy atom. The van der Waals surface area contributed by atoms with Crippen molar-refractivity contribution in [2.24, 2.45) is 0 Å². The van der Waals surface area contributed by atoms with E-state index in [0.29, 0.717) is 4.77 Å². The summed E-state index contributed by atoms with van der Waals surface area (Å²) in [4.78, 5) is 7.55. The van der Waals surface area contributed by atoms with Crippen LogP contribution in [0.2, 0.25) is 0 Å². The van der Waals surface area contributed by atoms with E-state index >= 15 is 0 Å². The van der Waals surface area contributed by atoms with Crippen molar-refractivity contribution in [1.29, 1.82) is 0 Å². The molecular formula is C9H13N3S2. The average molecular weight is 227 g/mol. The van der Waals surface area contributed by atoms with Gasteiger partial charge < -0.3 is 10.3 Å². The highest BCUT2D eigenvalue weighted by Crippen LogP contribution is 2.24. The maximum Gasteiger partial charge on any atom is 0.197 e. The summed E-state index contributed by atoms with van der Waals surface area (Å²) < 4.78 is 0.612. The van der Waals surface area contributed by atoms with Gasteiger partial charge in [0.05, 0.1) is 5.69 Å². The number of fused-ring (bicyclic) bond motifs is 1. The second-order valence-electron chi connectivity index (χ2n) is 3.28. The molecule has 3 nitrogen and oxygen atoms in total. The third kappa shape index (κ3) is 1.99. The summed E-state index contributed by atoms with van der Waals surface area (Å²) in [5, 5.41) is 3.13. The number of hydrogen-bond donors (Lipinski definition) is 2. The van der Waals surface area contributed by atoms with Crippen molar-refractivity contribution in [3.05, 3.63) is 21.7 Å². The Labute approximate surface area is 92.7 Å². The molecule has 0 saturated carbocycles. The molecule has 0 bridgehead atoms. The van der Waals surface area contributed by atoms with Crippen LogP contribution in [0.4, 0.5) is 0 Å². The maximum atomic E-state index is 5.10. The zero-order valence-corrected chi connectivity index (χ0v) is 9.73. The molecule has 0 radical (unpaired) electrons. The lowest BCUT2D eigenvalue weighted by Gasteiger charge is -2.17. The number of aromatic nitrogens is 2. The summed E-state index contributed by atoms with van der Waals surface area (Å²) in [6.07, 6.45) is 1.09. The molecule has 1 aliphatic heterocycles. The number of aryl methyl sites for hydroxylation is 1. The van der Waals surface area contributed by atoms with Crippen LogP contribution in [0.15, 0.2) is 0 Å². The van der Waals surface area contributed by atoms with E-state index in [1.807, 2.05) is 18.8 Å². The monoisotopic (exact) mass is 227 g/mol. The predicted octanol–water partition coefficient (Wildman–Crippen LogP) is 1.65. The van der Waals surface area contributed by atoms with Crippen LogP contribution in [-0.2, 0) is 18.7 Å². The number of thioether (sulfide) groups is 1. The smallest absolute Gasteiger partial charge is 0.197 e. The van der Waals surface area contributed by atoms with E-state index in [-0.39, 0.29) is 0 Å². The molecule has 2 rings (SSSR count). The van der Waals surface area contributed by atoms with Gasteiger partial charge in [0.1, 0.15) is 0 Å². The molecule has 0 unspecified atom stereocenters. The average Bonchev–Trinajstić information content (AvgIpc) is 2.18. The van der Waals surface area contributed by atoms with Gasteiger partial charge >= 0.3 is 0 Å². The molecular weight excluding hydrogens is 214 g/mol. The topological polar surface area (TPSA) is 40.7 Å². The lowest BCUT2D eigenvalue weighted by molar-refractivity contribution is 0.761. The normalized spacial score (nSPS) is 15.2. The first-order valence-electron chi connectivity index (χ1n) is 4.64. The van der Waals surface area contributed by atoms with Crippen LogP contribution in [0.5, 0.6) is 0 Å². The molecule has 0 fully saturated rings. The number of aromatic amines is 1. The Bertz CT molecular complexity index is 386. The Balaban J connectivity index is 2.47. The van der Waals surface area contributed by atoms with Gasteiger partial charge in [-0.3, -0.25) is 0 Å². The number of H-pyrrole nitrogens is 1. The van der Waals surface area contributed by atoms with Gasteiger partial charge in [-0.2, -0.15) is 11.8 Å². The van der Waals surface area contributed by atoms with Crippen LogP contribution in [0.3, 0.4) is 0 Å².